The number of aryl methyl sites for hydroxylation is 1. The Morgan fingerprint density at radius 2 is 1.74 bits per heavy atom. The smallest absolute Gasteiger partial charge is 0.388 e. The van der Waals surface area contributed by atoms with Gasteiger partial charge < -0.3 is 15.7 Å². The van der Waals surface area contributed by atoms with Crippen LogP contribution in [-0.4, -0.2) is 60.1 Å². The number of aliphatic hydroxyl groups is 1. The van der Waals surface area contributed by atoms with Crippen molar-refractivity contribution in [3.05, 3.63) is 82.4 Å². The van der Waals surface area contributed by atoms with Crippen molar-refractivity contribution >= 4 is 16.9 Å². The molecule has 1 saturated heterocycles. The zero-order valence-corrected chi connectivity index (χ0v) is 23.2. The van der Waals surface area contributed by atoms with Gasteiger partial charge in [-0.1, -0.05) is 54.6 Å². The lowest BCUT2D eigenvalue weighted by Gasteiger charge is -2.39. The monoisotopic (exact) mass is 582 g/mol. The van der Waals surface area contributed by atoms with E-state index in [1.54, 1.807) is 10.7 Å². The number of alkyl halides is 3. The Balaban J connectivity index is 1.30. The Kier molecular flexibility index (Phi) is 8.20. The molecule has 4 aromatic rings. The van der Waals surface area contributed by atoms with Gasteiger partial charge in [0, 0.05) is 38.2 Å². The number of halogens is 3. The molecule has 0 bridgehead atoms. The van der Waals surface area contributed by atoms with Crippen molar-refractivity contribution in [1.29, 1.82) is 0 Å². The maximum Gasteiger partial charge on any atom is 0.396 e. The first-order valence-corrected chi connectivity index (χ1v) is 13.9. The first-order chi connectivity index (χ1) is 20.0. The number of likely N-dealkylation sites (tertiary alicyclic amines) is 1. The van der Waals surface area contributed by atoms with Gasteiger partial charge >= 0.3 is 6.18 Å². The third kappa shape index (κ3) is 5.95. The van der Waals surface area contributed by atoms with Crippen LogP contribution in [0.3, 0.4) is 0 Å². The van der Waals surface area contributed by atoms with Crippen LogP contribution in [0.2, 0.25) is 0 Å². The molecule has 3 N–H and O–H groups in total. The molecule has 0 saturated carbocycles. The first-order valence-electron chi connectivity index (χ1n) is 13.9. The van der Waals surface area contributed by atoms with Gasteiger partial charge in [0.15, 0.2) is 5.52 Å². The molecular weight excluding hydrogens is 549 g/mol. The number of hydrogen-bond acceptors (Lipinski definition) is 6. The molecule has 0 spiro atoms. The van der Waals surface area contributed by atoms with Crippen molar-refractivity contribution in [2.45, 2.75) is 63.5 Å². The number of amides is 1. The number of benzene rings is 2. The summed E-state index contributed by atoms with van der Waals surface area (Å²) in [6.45, 7) is 2.91. The summed E-state index contributed by atoms with van der Waals surface area (Å²) in [5.74, 6) is -2.53. The Morgan fingerprint density at radius 1 is 1.07 bits per heavy atom. The quantitative estimate of drug-likeness (QED) is 0.326. The standard InChI is InChI=1S/C30H33F3N6O3/c1-2-39-27(22-10-8-20(17-34)9-11-22)25-26(36-39)28(41)38(19-35-25)18-29(42)12-14-37(15-13-29)24(40)16-23(30(31,32)33)21-6-4-3-5-7-21/h3-11,19,23,42H,2,12-18,34H2,1H3. The summed E-state index contributed by atoms with van der Waals surface area (Å²) in [6, 6.07) is 15.0. The summed E-state index contributed by atoms with van der Waals surface area (Å²) < 4.78 is 44.3. The lowest BCUT2D eigenvalue weighted by Crippen LogP contribution is -2.50. The predicted molar refractivity (Wildman–Crippen MR) is 151 cm³/mol. The van der Waals surface area contributed by atoms with Crippen LogP contribution in [0.5, 0.6) is 0 Å². The molecule has 5 rings (SSSR count). The summed E-state index contributed by atoms with van der Waals surface area (Å²) in [4.78, 5) is 32.2. The molecule has 2 aromatic heterocycles. The number of piperidine rings is 1. The Labute approximate surface area is 240 Å². The second-order valence-electron chi connectivity index (χ2n) is 10.8. The van der Waals surface area contributed by atoms with Crippen molar-refractivity contribution in [3.8, 4) is 11.3 Å². The third-order valence-corrected chi connectivity index (χ3v) is 7.97. The normalized spacial score (nSPS) is 16.1. The average molecular weight is 583 g/mol. The highest BCUT2D eigenvalue weighted by molar-refractivity contribution is 5.89. The van der Waals surface area contributed by atoms with E-state index in [0.29, 0.717) is 24.3 Å². The fourth-order valence-corrected chi connectivity index (χ4v) is 5.52. The van der Waals surface area contributed by atoms with E-state index in [1.807, 2.05) is 31.2 Å². The second-order valence-corrected chi connectivity index (χ2v) is 10.8. The van der Waals surface area contributed by atoms with Gasteiger partial charge in [0.1, 0.15) is 5.52 Å². The molecule has 42 heavy (non-hydrogen) atoms. The number of aromatic nitrogens is 4. The van der Waals surface area contributed by atoms with Crippen LogP contribution in [0.15, 0.2) is 65.7 Å². The van der Waals surface area contributed by atoms with Crippen molar-refractivity contribution in [1.82, 2.24) is 24.2 Å². The Hall–Kier alpha value is -4.03. The Bertz CT molecular complexity index is 1610. The van der Waals surface area contributed by atoms with E-state index < -0.39 is 35.6 Å². The minimum Gasteiger partial charge on any atom is -0.388 e. The number of nitrogens with two attached hydrogens (primary N) is 1. The predicted octanol–water partition coefficient (Wildman–Crippen LogP) is 3.83. The van der Waals surface area contributed by atoms with Gasteiger partial charge in [-0.3, -0.25) is 18.8 Å². The highest BCUT2D eigenvalue weighted by atomic mass is 19.4. The number of rotatable bonds is 8. The highest BCUT2D eigenvalue weighted by Crippen LogP contribution is 2.38. The van der Waals surface area contributed by atoms with Gasteiger partial charge in [0.05, 0.1) is 30.1 Å². The summed E-state index contributed by atoms with van der Waals surface area (Å²) in [7, 11) is 0. The zero-order chi connectivity index (χ0) is 30.1. The first kappa shape index (κ1) is 29.5. The topological polar surface area (TPSA) is 119 Å². The average Bonchev–Trinajstić information content (AvgIpc) is 3.37. The van der Waals surface area contributed by atoms with Crippen LogP contribution in [-0.2, 0) is 24.4 Å². The molecule has 1 fully saturated rings. The fourth-order valence-electron chi connectivity index (χ4n) is 5.52. The number of fused-ring (bicyclic) bond motifs is 1. The van der Waals surface area contributed by atoms with E-state index in [1.165, 1.54) is 40.1 Å². The molecule has 1 unspecified atom stereocenters. The van der Waals surface area contributed by atoms with Crippen LogP contribution in [0.1, 0.15) is 43.2 Å². The van der Waals surface area contributed by atoms with E-state index in [9.17, 15) is 27.9 Å². The van der Waals surface area contributed by atoms with E-state index in [4.69, 9.17) is 5.73 Å². The van der Waals surface area contributed by atoms with Crippen molar-refractivity contribution in [2.75, 3.05) is 13.1 Å². The molecule has 0 radical (unpaired) electrons. The minimum atomic E-state index is -4.57. The van der Waals surface area contributed by atoms with Gasteiger partial charge in [0.25, 0.3) is 5.56 Å². The molecule has 3 heterocycles. The van der Waals surface area contributed by atoms with E-state index >= 15 is 0 Å². The second kappa shape index (κ2) is 11.7. The zero-order valence-electron chi connectivity index (χ0n) is 23.2. The van der Waals surface area contributed by atoms with Gasteiger partial charge in [-0.15, -0.1) is 0 Å². The van der Waals surface area contributed by atoms with E-state index in [-0.39, 0.29) is 43.6 Å². The maximum atomic E-state index is 13.8. The number of hydrogen-bond donors (Lipinski definition) is 2. The summed E-state index contributed by atoms with van der Waals surface area (Å²) >= 11 is 0. The van der Waals surface area contributed by atoms with Gasteiger partial charge in [-0.25, -0.2) is 4.98 Å². The molecule has 12 heteroatoms. The summed E-state index contributed by atoms with van der Waals surface area (Å²) in [5, 5.41) is 15.8. The van der Waals surface area contributed by atoms with Crippen LogP contribution in [0, 0.1) is 0 Å². The number of carbonyl (C=O) groups excluding carboxylic acids is 1. The molecule has 2 aromatic carbocycles. The number of carbonyl (C=O) groups is 1. The summed E-state index contributed by atoms with van der Waals surface area (Å²) in [6.07, 6.45) is -3.68. The molecule has 1 aliphatic rings. The highest BCUT2D eigenvalue weighted by Gasteiger charge is 2.43. The Morgan fingerprint density at radius 3 is 2.33 bits per heavy atom. The van der Waals surface area contributed by atoms with Crippen LogP contribution < -0.4 is 11.3 Å². The minimum absolute atomic E-state index is 0.0374. The molecule has 222 valence electrons. The molecular formula is C30H33F3N6O3. The molecule has 0 aliphatic carbocycles. The molecule has 1 amide bonds. The SMILES string of the molecule is CCn1nc2c(=O)n(CC3(O)CCN(C(=O)CC(c4ccccc4)C(F)(F)F)CC3)cnc2c1-c1ccc(CN)cc1. The molecule has 1 aliphatic heterocycles. The lowest BCUT2D eigenvalue weighted by atomic mass is 9.90. The third-order valence-electron chi connectivity index (χ3n) is 7.97. The van der Waals surface area contributed by atoms with Crippen LogP contribution >= 0.6 is 0 Å². The van der Waals surface area contributed by atoms with Crippen molar-refractivity contribution < 1.29 is 23.1 Å². The lowest BCUT2D eigenvalue weighted by molar-refractivity contribution is -0.162. The van der Waals surface area contributed by atoms with Crippen LogP contribution in [0.4, 0.5) is 13.2 Å². The van der Waals surface area contributed by atoms with E-state index in [2.05, 4.69) is 10.1 Å². The van der Waals surface area contributed by atoms with Gasteiger partial charge in [-0.05, 0) is 30.9 Å². The van der Waals surface area contributed by atoms with Crippen molar-refractivity contribution in [2.24, 2.45) is 5.73 Å². The van der Waals surface area contributed by atoms with Crippen molar-refractivity contribution in [3.63, 3.8) is 0 Å². The maximum absolute atomic E-state index is 13.8. The van der Waals surface area contributed by atoms with Gasteiger partial charge in [-0.2, -0.15) is 18.3 Å². The summed E-state index contributed by atoms with van der Waals surface area (Å²) in [5.41, 5.74) is 7.15. The van der Waals surface area contributed by atoms with Gasteiger partial charge in [0.2, 0.25) is 5.91 Å². The van der Waals surface area contributed by atoms with E-state index in [0.717, 1.165) is 11.1 Å². The largest absolute Gasteiger partial charge is 0.396 e. The van der Waals surface area contributed by atoms with Crippen LogP contribution in [0.25, 0.3) is 22.3 Å². The fraction of sp³-hybridized carbons (Fsp3) is 0.400. The molecule has 1 atom stereocenters. The molecule has 9 nitrogen and oxygen atoms in total. The number of nitrogens with zero attached hydrogens (tertiary/aromatic N) is 5.